The second kappa shape index (κ2) is 5.48. The Labute approximate surface area is 132 Å². The van der Waals surface area contributed by atoms with Crippen molar-refractivity contribution in [3.05, 3.63) is 33.8 Å². The van der Waals surface area contributed by atoms with Gasteiger partial charge in [-0.25, -0.2) is 9.97 Å². The van der Waals surface area contributed by atoms with Gasteiger partial charge in [0.25, 0.3) is 5.91 Å². The molecule has 2 aromatic rings. The number of carbonyl (C=O) groups is 1. The molecule has 1 aliphatic carbocycles. The van der Waals surface area contributed by atoms with Crippen molar-refractivity contribution >= 4 is 17.2 Å². The van der Waals surface area contributed by atoms with Gasteiger partial charge in [-0.2, -0.15) is 0 Å². The van der Waals surface area contributed by atoms with Crippen LogP contribution < -0.4 is 5.73 Å². The molecule has 2 fully saturated rings. The highest BCUT2D eigenvalue weighted by Gasteiger charge is 2.30. The van der Waals surface area contributed by atoms with E-state index in [1.165, 1.54) is 0 Å². The summed E-state index contributed by atoms with van der Waals surface area (Å²) in [6.07, 6.45) is 6.33. The van der Waals surface area contributed by atoms with Gasteiger partial charge in [0, 0.05) is 24.1 Å². The van der Waals surface area contributed by atoms with Crippen LogP contribution in [0.3, 0.4) is 0 Å². The van der Waals surface area contributed by atoms with E-state index in [9.17, 15) is 4.79 Å². The maximum atomic E-state index is 11.4. The predicted octanol–water partition coefficient (Wildman–Crippen LogP) is 2.22. The lowest BCUT2D eigenvalue weighted by Gasteiger charge is -2.05. The van der Waals surface area contributed by atoms with Gasteiger partial charge in [-0.1, -0.05) is 0 Å². The van der Waals surface area contributed by atoms with Crippen LogP contribution in [-0.2, 0) is 11.3 Å². The molecule has 6 nitrogen and oxygen atoms in total. The normalized spacial score (nSPS) is 21.4. The Kier molecular flexibility index (Phi) is 3.46. The molecule has 2 N–H and O–H groups in total. The monoisotopic (exact) mass is 318 g/mol. The molecular weight excluding hydrogens is 300 g/mol. The Morgan fingerprint density at radius 2 is 2.27 bits per heavy atom. The maximum Gasteiger partial charge on any atom is 0.268 e. The summed E-state index contributed by atoms with van der Waals surface area (Å²) in [7, 11) is 0. The molecule has 3 heterocycles. The molecule has 0 radical (unpaired) electrons. The summed E-state index contributed by atoms with van der Waals surface area (Å²) in [5.41, 5.74) is 6.69. The first-order valence-electron chi connectivity index (χ1n) is 7.63. The van der Waals surface area contributed by atoms with Crippen molar-refractivity contribution < 1.29 is 9.53 Å². The fourth-order valence-electron chi connectivity index (χ4n) is 2.83. The molecule has 4 rings (SSSR count). The van der Waals surface area contributed by atoms with Crippen LogP contribution in [-0.4, -0.2) is 27.0 Å². The molecule has 0 bridgehead atoms. The molecule has 0 unspecified atom stereocenters. The van der Waals surface area contributed by atoms with Crippen molar-refractivity contribution in [1.82, 2.24) is 14.5 Å². The standard InChI is InChI=1S/C15H18N4O2S/c16-13(20)11-7-19(14(18-11)9-3-4-9)6-10-8-22-15(17-10)12-2-1-5-21-12/h7-9,12H,1-6H2,(H2,16,20)/t12-/m0/s1. The van der Waals surface area contributed by atoms with E-state index in [0.29, 0.717) is 18.2 Å². The molecule has 1 saturated heterocycles. The van der Waals surface area contributed by atoms with Gasteiger partial charge in [0.15, 0.2) is 0 Å². The molecule has 1 saturated carbocycles. The van der Waals surface area contributed by atoms with Crippen LogP contribution >= 0.6 is 11.3 Å². The summed E-state index contributed by atoms with van der Waals surface area (Å²) < 4.78 is 7.70. The Bertz CT molecular complexity index is 698. The van der Waals surface area contributed by atoms with Gasteiger partial charge in [0.05, 0.1) is 12.2 Å². The van der Waals surface area contributed by atoms with E-state index >= 15 is 0 Å². The quantitative estimate of drug-likeness (QED) is 0.916. The van der Waals surface area contributed by atoms with Crippen molar-refractivity contribution in [2.45, 2.75) is 44.2 Å². The first-order valence-corrected chi connectivity index (χ1v) is 8.51. The molecule has 2 aliphatic rings. The molecule has 0 spiro atoms. The molecule has 1 amide bonds. The number of hydrogen-bond donors (Lipinski definition) is 1. The van der Waals surface area contributed by atoms with Gasteiger partial charge in [0.1, 0.15) is 22.6 Å². The number of imidazole rings is 1. The number of amides is 1. The SMILES string of the molecule is NC(=O)c1cn(Cc2csc([C@@H]3CCCO3)n2)c(C2CC2)n1. The smallest absolute Gasteiger partial charge is 0.268 e. The van der Waals surface area contributed by atoms with Crippen molar-refractivity contribution in [3.8, 4) is 0 Å². The molecule has 7 heteroatoms. The summed E-state index contributed by atoms with van der Waals surface area (Å²) in [4.78, 5) is 20.4. The van der Waals surface area contributed by atoms with Crippen molar-refractivity contribution in [1.29, 1.82) is 0 Å². The Hall–Kier alpha value is -1.73. The zero-order valence-electron chi connectivity index (χ0n) is 12.2. The van der Waals surface area contributed by atoms with E-state index in [0.717, 1.165) is 48.8 Å². The van der Waals surface area contributed by atoms with Crippen LogP contribution in [0.5, 0.6) is 0 Å². The molecule has 1 aliphatic heterocycles. The van der Waals surface area contributed by atoms with E-state index < -0.39 is 5.91 Å². The predicted molar refractivity (Wildman–Crippen MR) is 81.9 cm³/mol. The minimum atomic E-state index is -0.473. The lowest BCUT2D eigenvalue weighted by molar-refractivity contribution is 0.0996. The van der Waals surface area contributed by atoms with Gasteiger partial charge in [0.2, 0.25) is 0 Å². The van der Waals surface area contributed by atoms with E-state index in [-0.39, 0.29) is 6.10 Å². The summed E-state index contributed by atoms with van der Waals surface area (Å²) in [5.74, 6) is 0.948. The third-order valence-corrected chi connectivity index (χ3v) is 5.09. The number of thiazole rings is 1. The Morgan fingerprint density at radius 1 is 1.41 bits per heavy atom. The average molecular weight is 318 g/mol. The average Bonchev–Trinajstić information content (AvgIpc) is 2.96. The first-order chi connectivity index (χ1) is 10.7. The number of ether oxygens (including phenoxy) is 1. The van der Waals surface area contributed by atoms with Crippen LogP contribution in [0.25, 0.3) is 0 Å². The zero-order chi connectivity index (χ0) is 15.1. The van der Waals surface area contributed by atoms with Crippen molar-refractivity contribution in [2.24, 2.45) is 5.73 Å². The van der Waals surface area contributed by atoms with Gasteiger partial charge < -0.3 is 15.0 Å². The molecule has 1 atom stereocenters. The van der Waals surface area contributed by atoms with Crippen molar-refractivity contribution in [2.75, 3.05) is 6.61 Å². The summed E-state index contributed by atoms with van der Waals surface area (Å²) in [5, 5.41) is 3.12. The second-order valence-corrected chi connectivity index (χ2v) is 6.82. The maximum absolute atomic E-state index is 11.4. The fourth-order valence-corrected chi connectivity index (χ4v) is 3.72. The van der Waals surface area contributed by atoms with Crippen LogP contribution in [0, 0.1) is 0 Å². The number of rotatable bonds is 5. The number of carbonyl (C=O) groups excluding carboxylic acids is 1. The summed E-state index contributed by atoms with van der Waals surface area (Å²) in [6, 6.07) is 0. The minimum Gasteiger partial charge on any atom is -0.371 e. The number of nitrogens with two attached hydrogens (primary N) is 1. The van der Waals surface area contributed by atoms with Crippen LogP contribution in [0.15, 0.2) is 11.6 Å². The van der Waals surface area contributed by atoms with E-state index in [1.807, 2.05) is 4.57 Å². The second-order valence-electron chi connectivity index (χ2n) is 5.93. The zero-order valence-corrected chi connectivity index (χ0v) is 13.0. The summed E-state index contributed by atoms with van der Waals surface area (Å²) >= 11 is 1.65. The van der Waals surface area contributed by atoms with Gasteiger partial charge in [-0.05, 0) is 25.7 Å². The molecule has 2 aromatic heterocycles. The van der Waals surface area contributed by atoms with Gasteiger partial charge >= 0.3 is 0 Å². The fraction of sp³-hybridized carbons (Fsp3) is 0.533. The lowest BCUT2D eigenvalue weighted by atomic mass is 10.2. The molecular formula is C15H18N4O2S. The lowest BCUT2D eigenvalue weighted by Crippen LogP contribution is -2.11. The largest absolute Gasteiger partial charge is 0.371 e. The van der Waals surface area contributed by atoms with Crippen LogP contribution in [0.1, 0.15) is 64.7 Å². The van der Waals surface area contributed by atoms with Gasteiger partial charge in [-0.15, -0.1) is 11.3 Å². The Balaban J connectivity index is 1.56. The van der Waals surface area contributed by atoms with E-state index in [2.05, 4.69) is 10.4 Å². The highest BCUT2D eigenvalue weighted by Crippen LogP contribution is 2.39. The van der Waals surface area contributed by atoms with Crippen molar-refractivity contribution in [3.63, 3.8) is 0 Å². The number of aromatic nitrogens is 3. The third kappa shape index (κ3) is 2.66. The topological polar surface area (TPSA) is 83.0 Å². The minimum absolute atomic E-state index is 0.158. The van der Waals surface area contributed by atoms with Gasteiger partial charge in [-0.3, -0.25) is 4.79 Å². The Morgan fingerprint density at radius 3 is 2.95 bits per heavy atom. The number of primary amides is 1. The van der Waals surface area contributed by atoms with Crippen LogP contribution in [0.2, 0.25) is 0 Å². The van der Waals surface area contributed by atoms with E-state index in [4.69, 9.17) is 15.5 Å². The molecule has 116 valence electrons. The molecule has 0 aromatic carbocycles. The highest BCUT2D eigenvalue weighted by molar-refractivity contribution is 7.09. The van der Waals surface area contributed by atoms with E-state index in [1.54, 1.807) is 17.5 Å². The van der Waals surface area contributed by atoms with Crippen LogP contribution in [0.4, 0.5) is 0 Å². The molecule has 22 heavy (non-hydrogen) atoms. The number of nitrogens with zero attached hydrogens (tertiary/aromatic N) is 3. The summed E-state index contributed by atoms with van der Waals surface area (Å²) in [6.45, 7) is 1.46. The first kappa shape index (κ1) is 13.9. The third-order valence-electron chi connectivity index (χ3n) is 4.11. The number of hydrogen-bond acceptors (Lipinski definition) is 5. The highest BCUT2D eigenvalue weighted by atomic mass is 32.1.